The van der Waals surface area contributed by atoms with Crippen molar-refractivity contribution in [3.63, 3.8) is 0 Å². The predicted octanol–water partition coefficient (Wildman–Crippen LogP) is 26.1. The lowest BCUT2D eigenvalue weighted by molar-refractivity contribution is -0.124. The number of unbranched alkanes of at least 4 members (excludes halogenated alkanes) is 32. The Kier molecular flexibility index (Phi) is 32.7. The summed E-state index contributed by atoms with van der Waals surface area (Å²) in [6, 6.07) is 30.0. The highest BCUT2D eigenvalue weighted by Gasteiger charge is 2.50. The molecule has 6 aromatic rings. The fourth-order valence-electron chi connectivity index (χ4n) is 13.8. The molecule has 2 aliphatic heterocycles. The Balaban J connectivity index is 1.14. The van der Waals surface area contributed by atoms with Crippen molar-refractivity contribution in [3.05, 3.63) is 118 Å². The number of carbonyl (C=O) groups excluding carboxylic acids is 2. The van der Waals surface area contributed by atoms with Gasteiger partial charge in [-0.05, 0) is 72.9 Å². The van der Waals surface area contributed by atoms with Crippen molar-refractivity contribution in [2.24, 2.45) is 11.8 Å². The Hall–Kier alpha value is -4.48. The molecule has 2 amide bonds. The smallest absolute Gasteiger partial charge is 0.261 e. The van der Waals surface area contributed by atoms with E-state index in [0.29, 0.717) is 36.1 Å². The van der Waals surface area contributed by atoms with Crippen LogP contribution in [-0.4, -0.2) is 44.7 Å². The molecule has 2 aliphatic rings. The average Bonchev–Trinajstić information content (AvgIpc) is 1.57. The number of hydrogen-bond acceptors (Lipinski definition) is 8. The summed E-state index contributed by atoms with van der Waals surface area (Å²) in [5, 5.41) is 1.86. The topological polar surface area (TPSA) is 66.4 Å². The maximum absolute atomic E-state index is 16.3. The lowest BCUT2D eigenvalue weighted by Crippen LogP contribution is -2.34. The summed E-state index contributed by atoms with van der Waals surface area (Å²) in [7, 11) is 0. The van der Waals surface area contributed by atoms with Crippen molar-refractivity contribution in [3.8, 4) is 40.7 Å². The second-order valence-electron chi connectivity index (χ2n) is 26.6. The Bertz CT molecular complexity index is 2820. The molecule has 10 heteroatoms. The minimum atomic E-state index is -0.0148. The van der Waals surface area contributed by atoms with Gasteiger partial charge < -0.3 is 9.80 Å². The molecule has 6 nitrogen and oxygen atoms in total. The van der Waals surface area contributed by atoms with E-state index in [2.05, 4.69) is 122 Å². The minimum Gasteiger partial charge on any atom is -0.306 e. The Morgan fingerprint density at radius 1 is 0.311 bits per heavy atom. The first-order valence-corrected chi connectivity index (χ1v) is 40.0. The fourth-order valence-corrected chi connectivity index (χ4v) is 17.9. The summed E-state index contributed by atoms with van der Waals surface area (Å²) >= 11 is 6.82. The number of fused-ring (bicyclic) bond motifs is 1. The van der Waals surface area contributed by atoms with E-state index in [1.165, 1.54) is 252 Å². The van der Waals surface area contributed by atoms with Crippen LogP contribution in [0.3, 0.4) is 0 Å². The van der Waals surface area contributed by atoms with Gasteiger partial charge in [-0.3, -0.25) is 9.59 Å². The molecule has 90 heavy (non-hydrogen) atoms. The molecule has 4 aromatic heterocycles. The summed E-state index contributed by atoms with van der Waals surface area (Å²) < 4.78 is 0. The summed E-state index contributed by atoms with van der Waals surface area (Å²) in [6.45, 7) is 10.4. The molecular weight excluding hydrogens is 1180 g/mol. The molecular formula is C80H114N4O2S4. The molecule has 0 bridgehead atoms. The highest BCUT2D eigenvalue weighted by Crippen LogP contribution is 2.51. The lowest BCUT2D eigenvalue weighted by Gasteiger charge is -2.29. The van der Waals surface area contributed by atoms with Gasteiger partial charge in [0, 0.05) is 35.2 Å². The molecule has 2 atom stereocenters. The highest BCUT2D eigenvalue weighted by atomic mass is 32.1. The van der Waals surface area contributed by atoms with Crippen LogP contribution in [0.15, 0.2) is 108 Å². The largest absolute Gasteiger partial charge is 0.306 e. The number of amides is 2. The number of thiophene rings is 2. The van der Waals surface area contributed by atoms with Gasteiger partial charge in [-0.25, -0.2) is 9.97 Å². The van der Waals surface area contributed by atoms with Crippen molar-refractivity contribution >= 4 is 68.6 Å². The third-order valence-corrected chi connectivity index (χ3v) is 23.8. The fraction of sp³-hybridized carbons (Fsp3) is 0.600. The van der Waals surface area contributed by atoms with E-state index in [1.807, 2.05) is 12.4 Å². The number of rotatable bonds is 50. The zero-order valence-electron chi connectivity index (χ0n) is 56.3. The number of aromatic nitrogens is 2. The molecule has 2 unspecified atom stereocenters. The van der Waals surface area contributed by atoms with Gasteiger partial charge in [-0.1, -0.05) is 320 Å². The Morgan fingerprint density at radius 2 is 0.578 bits per heavy atom. The second kappa shape index (κ2) is 41.3. The lowest BCUT2D eigenvalue weighted by atomic mass is 9.93. The second-order valence-corrected chi connectivity index (χ2v) is 30.8. The van der Waals surface area contributed by atoms with Crippen LogP contribution < -0.4 is 0 Å². The first-order chi connectivity index (χ1) is 44.4. The van der Waals surface area contributed by atoms with Crippen LogP contribution in [0.5, 0.6) is 0 Å². The monoisotopic (exact) mass is 1290 g/mol. The van der Waals surface area contributed by atoms with Crippen molar-refractivity contribution in [1.82, 2.24) is 19.8 Å². The molecule has 8 rings (SSSR count). The third kappa shape index (κ3) is 22.4. The van der Waals surface area contributed by atoms with E-state index >= 15 is 9.59 Å². The number of carbonyl (C=O) groups is 2. The van der Waals surface area contributed by atoms with Gasteiger partial charge in [-0.15, -0.1) is 45.3 Å². The van der Waals surface area contributed by atoms with Gasteiger partial charge in [0.25, 0.3) is 11.8 Å². The zero-order chi connectivity index (χ0) is 62.8. The van der Waals surface area contributed by atoms with Crippen molar-refractivity contribution in [2.45, 2.75) is 285 Å². The number of nitrogens with zero attached hydrogens (tertiary/aromatic N) is 4. The maximum atomic E-state index is 16.3. The first-order valence-electron chi connectivity index (χ1n) is 36.8. The molecule has 2 aromatic carbocycles. The standard InChI is InChI=1S/C80H114N4O2S4/c1-5-9-13-17-21-25-27-31-35-41-49-63(47-39-33-29-23-19-15-11-7-3)61-83-75(71-59-81-77(89-71)69-57-55-67(87-69)65-51-43-37-44-52-65)73-74(79(83)85)76(72-60-82-78(90-72)70-58-56-68(88-70)66-53-45-38-46-54-66)84(80(73)86)62-64(48-40-34-30-24-20-16-12-8-4)50-42-36-32-28-26-22-18-14-10-6-2/h37-38,43-46,51-60,63-64H,5-36,39-42,47-50,61-62H2,1-4H3. The molecule has 6 heterocycles. The number of hydrogen-bond donors (Lipinski definition) is 0. The predicted molar refractivity (Wildman–Crippen MR) is 393 cm³/mol. The van der Waals surface area contributed by atoms with E-state index in [0.717, 1.165) is 66.6 Å². The zero-order valence-corrected chi connectivity index (χ0v) is 59.6. The van der Waals surface area contributed by atoms with Gasteiger partial charge in [0.05, 0.1) is 42.0 Å². The highest BCUT2D eigenvalue weighted by molar-refractivity contribution is 7.24. The number of thiazole rings is 2. The van der Waals surface area contributed by atoms with E-state index in [-0.39, 0.29) is 11.8 Å². The first kappa shape index (κ1) is 71.4. The summed E-state index contributed by atoms with van der Waals surface area (Å²) in [5.41, 5.74) is 5.15. The SMILES string of the molecule is CCCCCCCCCCCCC(CCCCCCCCCC)CN1C(=O)C2=C(c3cnc(-c4ccc(-c5ccccc5)s4)s3)N(CC(CCCCCCCCCC)CCCCCCCCCCCC)C(=O)C2=C1c1cnc(-c2ccc(-c3ccccc3)s2)s1. The van der Waals surface area contributed by atoms with Crippen LogP contribution in [-0.2, 0) is 9.59 Å². The van der Waals surface area contributed by atoms with Gasteiger partial charge in [-0.2, -0.15) is 0 Å². The van der Waals surface area contributed by atoms with E-state index in [1.54, 1.807) is 45.3 Å². The van der Waals surface area contributed by atoms with E-state index in [4.69, 9.17) is 9.97 Å². The van der Waals surface area contributed by atoms with Crippen LogP contribution in [0.4, 0.5) is 0 Å². The summed E-state index contributed by atoms with van der Waals surface area (Å²) in [5.74, 6) is 0.629. The van der Waals surface area contributed by atoms with Crippen LogP contribution >= 0.6 is 45.3 Å². The van der Waals surface area contributed by atoms with Gasteiger partial charge in [0.15, 0.2) is 0 Å². The van der Waals surface area contributed by atoms with Gasteiger partial charge in [0.2, 0.25) is 0 Å². The number of benzene rings is 2. The van der Waals surface area contributed by atoms with E-state index < -0.39 is 0 Å². The van der Waals surface area contributed by atoms with Gasteiger partial charge >= 0.3 is 0 Å². The molecule has 0 saturated heterocycles. The molecule has 0 spiro atoms. The molecule has 0 N–H and O–H groups in total. The van der Waals surface area contributed by atoms with Crippen molar-refractivity contribution in [2.75, 3.05) is 13.1 Å². The van der Waals surface area contributed by atoms with Crippen LogP contribution in [0, 0.1) is 11.8 Å². The Morgan fingerprint density at radius 3 is 0.867 bits per heavy atom. The summed E-state index contributed by atoms with van der Waals surface area (Å²) in [6.07, 6.45) is 55.1. The van der Waals surface area contributed by atoms with E-state index in [9.17, 15) is 0 Å². The minimum absolute atomic E-state index is 0.0148. The summed E-state index contributed by atoms with van der Waals surface area (Å²) in [4.78, 5) is 53.6. The molecule has 0 saturated carbocycles. The Labute approximate surface area is 562 Å². The van der Waals surface area contributed by atoms with Crippen molar-refractivity contribution < 1.29 is 9.59 Å². The molecule has 0 aliphatic carbocycles. The molecule has 0 radical (unpaired) electrons. The van der Waals surface area contributed by atoms with Crippen molar-refractivity contribution in [1.29, 1.82) is 0 Å². The van der Waals surface area contributed by atoms with Gasteiger partial charge in [0.1, 0.15) is 10.0 Å². The molecule has 490 valence electrons. The maximum Gasteiger partial charge on any atom is 0.261 e. The van der Waals surface area contributed by atoms with Crippen LogP contribution in [0.25, 0.3) is 52.0 Å². The average molecular weight is 1290 g/mol. The van der Waals surface area contributed by atoms with Crippen LogP contribution in [0.1, 0.15) is 294 Å². The third-order valence-electron chi connectivity index (χ3n) is 19.2. The quantitative estimate of drug-likeness (QED) is 0.0357. The molecule has 0 fully saturated rings. The normalized spacial score (nSPS) is 14.1. The van der Waals surface area contributed by atoms with Crippen LogP contribution in [0.2, 0.25) is 0 Å².